The normalized spacial score (nSPS) is 10.7. The van der Waals surface area contributed by atoms with Gasteiger partial charge in [-0.15, -0.1) is 16.4 Å². The Hall–Kier alpha value is -1.94. The summed E-state index contributed by atoms with van der Waals surface area (Å²) in [5.41, 5.74) is 1.82. The van der Waals surface area contributed by atoms with Crippen molar-refractivity contribution < 1.29 is 9.21 Å². The molecule has 1 N–H and O–H groups in total. The van der Waals surface area contributed by atoms with E-state index in [0.29, 0.717) is 5.69 Å². The first-order valence-electron chi connectivity index (χ1n) is 6.71. The maximum atomic E-state index is 12.1. The Kier molecular flexibility index (Phi) is 4.62. The van der Waals surface area contributed by atoms with Gasteiger partial charge in [0.25, 0.3) is 5.89 Å². The highest BCUT2D eigenvalue weighted by atomic mass is 127. The van der Waals surface area contributed by atoms with Crippen LogP contribution in [0.1, 0.15) is 5.56 Å². The van der Waals surface area contributed by atoms with E-state index in [4.69, 9.17) is 4.42 Å². The Balaban J connectivity index is 1.73. The number of aryl methyl sites for hydroxylation is 1. The SMILES string of the molecule is Cc1ccc(NC(=O)Cn2nc(-c3cccs3)oc2=O)cc1I. The summed E-state index contributed by atoms with van der Waals surface area (Å²) in [6, 6.07) is 9.25. The van der Waals surface area contributed by atoms with Crippen molar-refractivity contribution in [3.63, 3.8) is 0 Å². The molecule has 23 heavy (non-hydrogen) atoms. The monoisotopic (exact) mass is 441 g/mol. The summed E-state index contributed by atoms with van der Waals surface area (Å²) in [4.78, 5) is 24.6. The van der Waals surface area contributed by atoms with Gasteiger partial charge in [0.05, 0.1) is 4.88 Å². The van der Waals surface area contributed by atoms with Crippen LogP contribution in [0.25, 0.3) is 10.8 Å². The highest BCUT2D eigenvalue weighted by Crippen LogP contribution is 2.21. The number of amides is 1. The molecule has 118 valence electrons. The summed E-state index contributed by atoms with van der Waals surface area (Å²) in [5, 5.41) is 8.66. The molecule has 6 nitrogen and oxygen atoms in total. The Morgan fingerprint density at radius 2 is 2.26 bits per heavy atom. The van der Waals surface area contributed by atoms with E-state index in [1.165, 1.54) is 11.3 Å². The fraction of sp³-hybridized carbons (Fsp3) is 0.133. The lowest BCUT2D eigenvalue weighted by atomic mass is 10.2. The molecule has 0 saturated carbocycles. The van der Waals surface area contributed by atoms with Crippen molar-refractivity contribution in [2.24, 2.45) is 0 Å². The van der Waals surface area contributed by atoms with Crippen molar-refractivity contribution in [1.82, 2.24) is 9.78 Å². The van der Waals surface area contributed by atoms with E-state index in [1.807, 2.05) is 36.6 Å². The lowest BCUT2D eigenvalue weighted by molar-refractivity contribution is -0.117. The molecule has 1 amide bonds. The van der Waals surface area contributed by atoms with Crippen LogP contribution in [0.3, 0.4) is 0 Å². The first-order valence-corrected chi connectivity index (χ1v) is 8.66. The van der Waals surface area contributed by atoms with Crippen molar-refractivity contribution in [2.45, 2.75) is 13.5 Å². The predicted molar refractivity (Wildman–Crippen MR) is 96.6 cm³/mol. The van der Waals surface area contributed by atoms with Crippen LogP contribution in [-0.4, -0.2) is 15.7 Å². The van der Waals surface area contributed by atoms with E-state index in [1.54, 1.807) is 6.07 Å². The molecule has 3 rings (SSSR count). The van der Waals surface area contributed by atoms with E-state index in [0.717, 1.165) is 18.7 Å². The number of thiophene rings is 1. The quantitative estimate of drug-likeness (QED) is 0.632. The van der Waals surface area contributed by atoms with Crippen molar-refractivity contribution in [2.75, 3.05) is 5.32 Å². The van der Waals surface area contributed by atoms with Gasteiger partial charge in [0.15, 0.2) is 0 Å². The summed E-state index contributed by atoms with van der Waals surface area (Å²) in [6.45, 7) is 1.80. The molecular weight excluding hydrogens is 429 g/mol. The van der Waals surface area contributed by atoms with E-state index in [-0.39, 0.29) is 18.3 Å². The minimum Gasteiger partial charge on any atom is -0.387 e. The van der Waals surface area contributed by atoms with E-state index in [9.17, 15) is 9.59 Å². The van der Waals surface area contributed by atoms with Gasteiger partial charge in [-0.05, 0) is 58.7 Å². The summed E-state index contributed by atoms with van der Waals surface area (Å²) in [5.74, 6) is -0.762. The summed E-state index contributed by atoms with van der Waals surface area (Å²) in [7, 11) is 0. The fourth-order valence-electron chi connectivity index (χ4n) is 1.91. The van der Waals surface area contributed by atoms with Gasteiger partial charge in [-0.1, -0.05) is 12.1 Å². The van der Waals surface area contributed by atoms with Crippen LogP contribution in [0.5, 0.6) is 0 Å². The number of anilines is 1. The molecule has 2 heterocycles. The number of aromatic nitrogens is 2. The van der Waals surface area contributed by atoms with Crippen LogP contribution in [0.2, 0.25) is 0 Å². The highest BCUT2D eigenvalue weighted by molar-refractivity contribution is 14.1. The largest absolute Gasteiger partial charge is 0.437 e. The molecule has 3 aromatic rings. The van der Waals surface area contributed by atoms with Gasteiger partial charge in [-0.25, -0.2) is 4.79 Å². The lowest BCUT2D eigenvalue weighted by Crippen LogP contribution is -2.25. The minimum absolute atomic E-state index is 0.196. The smallest absolute Gasteiger partial charge is 0.387 e. The van der Waals surface area contributed by atoms with Crippen molar-refractivity contribution in [1.29, 1.82) is 0 Å². The third-order valence-corrected chi connectivity index (χ3v) is 5.11. The topological polar surface area (TPSA) is 77.1 Å². The van der Waals surface area contributed by atoms with Crippen molar-refractivity contribution >= 4 is 45.5 Å². The number of carbonyl (C=O) groups excluding carboxylic acids is 1. The number of carbonyl (C=O) groups is 1. The first-order chi connectivity index (χ1) is 11.0. The number of nitrogens with one attached hydrogen (secondary N) is 1. The molecule has 2 aromatic heterocycles. The number of hydrogen-bond acceptors (Lipinski definition) is 5. The lowest BCUT2D eigenvalue weighted by Gasteiger charge is -2.06. The maximum absolute atomic E-state index is 12.1. The highest BCUT2D eigenvalue weighted by Gasteiger charge is 2.14. The van der Waals surface area contributed by atoms with Gasteiger partial charge in [0.2, 0.25) is 5.91 Å². The number of rotatable bonds is 4. The average molecular weight is 441 g/mol. The van der Waals surface area contributed by atoms with Gasteiger partial charge >= 0.3 is 5.76 Å². The number of nitrogens with zero attached hydrogens (tertiary/aromatic N) is 2. The molecule has 0 aliphatic carbocycles. The first kappa shape index (κ1) is 15.9. The Morgan fingerprint density at radius 3 is 2.96 bits per heavy atom. The molecule has 0 fully saturated rings. The van der Waals surface area contributed by atoms with Crippen LogP contribution >= 0.6 is 33.9 Å². The molecular formula is C15H12IN3O3S. The zero-order valence-electron chi connectivity index (χ0n) is 12.1. The van der Waals surface area contributed by atoms with Gasteiger partial charge in [0, 0.05) is 9.26 Å². The zero-order valence-corrected chi connectivity index (χ0v) is 15.1. The molecule has 0 aliphatic rings. The second-order valence-corrected chi connectivity index (χ2v) is 6.93. The maximum Gasteiger partial charge on any atom is 0.437 e. The molecule has 0 saturated heterocycles. The van der Waals surface area contributed by atoms with E-state index >= 15 is 0 Å². The van der Waals surface area contributed by atoms with Gasteiger partial charge in [0.1, 0.15) is 6.54 Å². The fourth-order valence-corrected chi connectivity index (χ4v) is 3.07. The standard InChI is InChI=1S/C15H12IN3O3S/c1-9-4-5-10(7-11(9)16)17-13(20)8-19-15(21)22-14(18-19)12-3-2-6-23-12/h2-7H,8H2,1H3,(H,17,20). The van der Waals surface area contributed by atoms with Crippen molar-refractivity contribution in [3.05, 3.63) is 55.4 Å². The summed E-state index contributed by atoms with van der Waals surface area (Å²) < 4.78 is 7.14. The summed E-state index contributed by atoms with van der Waals surface area (Å²) >= 11 is 3.61. The Bertz CT molecular complexity index is 899. The second kappa shape index (κ2) is 6.67. The van der Waals surface area contributed by atoms with Gasteiger partial charge in [-0.2, -0.15) is 4.68 Å². The molecule has 0 aliphatic heterocycles. The summed E-state index contributed by atoms with van der Waals surface area (Å²) in [6.07, 6.45) is 0. The Morgan fingerprint density at radius 1 is 1.43 bits per heavy atom. The molecule has 0 radical (unpaired) electrons. The number of hydrogen-bond donors (Lipinski definition) is 1. The molecule has 0 spiro atoms. The molecule has 0 unspecified atom stereocenters. The number of benzene rings is 1. The van der Waals surface area contributed by atoms with E-state index < -0.39 is 5.76 Å². The molecule has 8 heteroatoms. The van der Waals surface area contributed by atoms with Crippen LogP contribution in [-0.2, 0) is 11.3 Å². The average Bonchev–Trinajstić information content (AvgIpc) is 3.13. The van der Waals surface area contributed by atoms with Crippen LogP contribution in [0.4, 0.5) is 5.69 Å². The predicted octanol–water partition coefficient (Wildman–Crippen LogP) is 3.12. The van der Waals surface area contributed by atoms with Crippen LogP contribution in [0.15, 0.2) is 44.9 Å². The van der Waals surface area contributed by atoms with Gasteiger partial charge < -0.3 is 9.73 Å². The van der Waals surface area contributed by atoms with Gasteiger partial charge in [-0.3, -0.25) is 4.79 Å². The Labute approximate surface area is 149 Å². The third kappa shape index (κ3) is 3.70. The minimum atomic E-state index is -0.651. The van der Waals surface area contributed by atoms with Crippen molar-refractivity contribution in [3.8, 4) is 10.8 Å². The molecule has 0 atom stereocenters. The van der Waals surface area contributed by atoms with Crippen LogP contribution in [0, 0.1) is 10.5 Å². The number of halogens is 1. The van der Waals surface area contributed by atoms with E-state index in [2.05, 4.69) is 33.0 Å². The zero-order chi connectivity index (χ0) is 16.4. The third-order valence-electron chi connectivity index (χ3n) is 3.09. The molecule has 0 bridgehead atoms. The second-order valence-electron chi connectivity index (χ2n) is 4.82. The molecule has 1 aromatic carbocycles. The van der Waals surface area contributed by atoms with Crippen LogP contribution < -0.4 is 11.1 Å².